The average molecular weight is 248 g/mol. The molecule has 1 rings (SSSR count). The van der Waals surface area contributed by atoms with E-state index in [9.17, 15) is 0 Å². The second kappa shape index (κ2) is 6.85. The molecule has 1 aromatic rings. The van der Waals surface area contributed by atoms with Gasteiger partial charge in [0.15, 0.2) is 0 Å². The molecule has 16 heavy (non-hydrogen) atoms. The van der Waals surface area contributed by atoms with E-state index < -0.39 is 0 Å². The molecular weight excluding hydrogens is 230 g/mol. The Balaban J connectivity index is 2.56. The fourth-order valence-corrected chi connectivity index (χ4v) is 1.62. The van der Waals surface area contributed by atoms with E-state index in [4.69, 9.17) is 21.8 Å². The predicted octanol–water partition coefficient (Wildman–Crippen LogP) is 0.250. The third-order valence-electron chi connectivity index (χ3n) is 2.44. The maximum absolute atomic E-state index is 8.93. The fourth-order valence-electron chi connectivity index (χ4n) is 1.48. The molecule has 0 fully saturated rings. The highest BCUT2D eigenvalue weighted by molar-refractivity contribution is 6.29. The topological polar surface area (TPSA) is 61.5 Å². The summed E-state index contributed by atoms with van der Waals surface area (Å²) < 4.78 is 1.81. The van der Waals surface area contributed by atoms with Gasteiger partial charge in [-0.1, -0.05) is 11.6 Å². The van der Waals surface area contributed by atoms with E-state index in [2.05, 4.69) is 4.98 Å². The van der Waals surface area contributed by atoms with Crippen molar-refractivity contribution in [1.29, 1.82) is 0 Å². The van der Waals surface area contributed by atoms with Gasteiger partial charge >= 0.3 is 0 Å². The summed E-state index contributed by atoms with van der Waals surface area (Å²) >= 11 is 5.89. The first-order valence-corrected chi connectivity index (χ1v) is 5.67. The average Bonchev–Trinajstić information content (AvgIpc) is 2.58. The van der Waals surface area contributed by atoms with Crippen molar-refractivity contribution in [3.8, 4) is 0 Å². The lowest BCUT2D eigenvalue weighted by Gasteiger charge is -2.20. The lowest BCUT2D eigenvalue weighted by atomic mass is 10.3. The van der Waals surface area contributed by atoms with Gasteiger partial charge in [0.2, 0.25) is 0 Å². The van der Waals surface area contributed by atoms with Gasteiger partial charge in [-0.15, -0.1) is 0 Å². The highest BCUT2D eigenvalue weighted by Gasteiger charge is 2.10. The maximum Gasteiger partial charge on any atom is 0.128 e. The van der Waals surface area contributed by atoms with Crippen molar-refractivity contribution in [3.63, 3.8) is 0 Å². The molecule has 0 spiro atoms. The number of imidazole rings is 1. The van der Waals surface area contributed by atoms with Crippen LogP contribution in [0.4, 0.5) is 0 Å². The van der Waals surface area contributed by atoms with E-state index in [1.807, 2.05) is 16.5 Å². The Morgan fingerprint density at radius 3 is 2.62 bits per heavy atom. The van der Waals surface area contributed by atoms with E-state index in [-0.39, 0.29) is 13.2 Å². The molecule has 6 heteroatoms. The molecule has 1 heterocycles. The zero-order valence-corrected chi connectivity index (χ0v) is 10.2. The summed E-state index contributed by atoms with van der Waals surface area (Å²) in [5.74, 6) is 0.858. The summed E-state index contributed by atoms with van der Waals surface area (Å²) in [5.41, 5.74) is 0. The van der Waals surface area contributed by atoms with Gasteiger partial charge in [0.1, 0.15) is 11.0 Å². The number of halogens is 1. The molecule has 2 N–H and O–H groups in total. The molecule has 0 aromatic carbocycles. The number of aliphatic hydroxyl groups is 2. The minimum Gasteiger partial charge on any atom is -0.396 e. The summed E-state index contributed by atoms with van der Waals surface area (Å²) in [4.78, 5) is 6.23. The molecule has 0 saturated heterocycles. The summed E-state index contributed by atoms with van der Waals surface area (Å²) in [6.45, 7) is 2.20. The first-order chi connectivity index (χ1) is 7.69. The Kier molecular flexibility index (Phi) is 5.76. The Morgan fingerprint density at radius 1 is 1.38 bits per heavy atom. The van der Waals surface area contributed by atoms with E-state index in [1.54, 1.807) is 6.20 Å². The van der Waals surface area contributed by atoms with Crippen LogP contribution >= 0.6 is 11.6 Å². The monoisotopic (exact) mass is 247 g/mol. The van der Waals surface area contributed by atoms with Crippen LogP contribution in [0.1, 0.15) is 12.2 Å². The summed E-state index contributed by atoms with van der Waals surface area (Å²) in [5, 5.41) is 18.3. The molecule has 5 nitrogen and oxygen atoms in total. The highest BCUT2D eigenvalue weighted by atomic mass is 35.5. The second-order valence-electron chi connectivity index (χ2n) is 3.63. The van der Waals surface area contributed by atoms with Crippen LogP contribution in [0, 0.1) is 0 Å². The first-order valence-electron chi connectivity index (χ1n) is 5.29. The third kappa shape index (κ3) is 3.75. The van der Waals surface area contributed by atoms with Gasteiger partial charge in [0, 0.05) is 26.7 Å². The molecule has 92 valence electrons. The SMILES string of the molecule is Cn1c(Cl)cnc1CN(CCO)CCCO. The minimum atomic E-state index is 0.101. The van der Waals surface area contributed by atoms with Crippen LogP contribution in [0.2, 0.25) is 5.15 Å². The molecule has 0 unspecified atom stereocenters. The van der Waals surface area contributed by atoms with Crippen LogP contribution in [0.15, 0.2) is 6.20 Å². The summed E-state index contributed by atoms with van der Waals surface area (Å²) in [6.07, 6.45) is 2.30. The van der Waals surface area contributed by atoms with Gasteiger partial charge in [0.25, 0.3) is 0 Å². The molecule has 1 aromatic heterocycles. The van der Waals surface area contributed by atoms with Crippen molar-refractivity contribution >= 4 is 11.6 Å². The molecule has 0 aliphatic rings. The summed E-state index contributed by atoms with van der Waals surface area (Å²) in [6, 6.07) is 0. The lowest BCUT2D eigenvalue weighted by Crippen LogP contribution is -2.29. The third-order valence-corrected chi connectivity index (χ3v) is 2.79. The molecule has 0 atom stereocenters. The van der Waals surface area contributed by atoms with Crippen molar-refractivity contribution in [2.75, 3.05) is 26.3 Å². The van der Waals surface area contributed by atoms with Gasteiger partial charge in [-0.2, -0.15) is 0 Å². The number of hydrogen-bond acceptors (Lipinski definition) is 4. The van der Waals surface area contributed by atoms with Crippen LogP contribution in [0.5, 0.6) is 0 Å². The van der Waals surface area contributed by atoms with E-state index >= 15 is 0 Å². The van der Waals surface area contributed by atoms with Gasteiger partial charge in [0.05, 0.1) is 19.3 Å². The minimum absolute atomic E-state index is 0.101. The van der Waals surface area contributed by atoms with E-state index in [0.29, 0.717) is 24.7 Å². The van der Waals surface area contributed by atoms with E-state index in [0.717, 1.165) is 12.4 Å². The smallest absolute Gasteiger partial charge is 0.128 e. The molecule has 0 saturated carbocycles. The van der Waals surface area contributed by atoms with Crippen LogP contribution in [0.3, 0.4) is 0 Å². The van der Waals surface area contributed by atoms with Gasteiger partial charge in [-0.05, 0) is 6.42 Å². The van der Waals surface area contributed by atoms with Gasteiger partial charge in [-0.25, -0.2) is 4.98 Å². The fraction of sp³-hybridized carbons (Fsp3) is 0.700. The molecule has 0 aliphatic carbocycles. The van der Waals surface area contributed by atoms with Crippen molar-refractivity contribution in [3.05, 3.63) is 17.2 Å². The molecule has 0 radical (unpaired) electrons. The van der Waals surface area contributed by atoms with Crippen LogP contribution in [-0.4, -0.2) is 51.0 Å². The largest absolute Gasteiger partial charge is 0.396 e. The first kappa shape index (κ1) is 13.4. The Hall–Kier alpha value is -0.620. The lowest BCUT2D eigenvalue weighted by molar-refractivity contribution is 0.170. The quantitative estimate of drug-likeness (QED) is 0.725. The van der Waals surface area contributed by atoms with E-state index in [1.165, 1.54) is 0 Å². The Labute approximate surface area is 100 Å². The van der Waals surface area contributed by atoms with Gasteiger partial charge in [-0.3, -0.25) is 4.90 Å². The normalized spacial score (nSPS) is 11.3. The zero-order valence-electron chi connectivity index (χ0n) is 9.43. The second-order valence-corrected chi connectivity index (χ2v) is 4.02. The number of aromatic nitrogens is 2. The number of rotatable bonds is 7. The molecule has 0 bridgehead atoms. The maximum atomic E-state index is 8.93. The van der Waals surface area contributed by atoms with Crippen LogP contribution < -0.4 is 0 Å². The highest BCUT2D eigenvalue weighted by Crippen LogP contribution is 2.11. The Morgan fingerprint density at radius 2 is 2.12 bits per heavy atom. The molecule has 0 amide bonds. The predicted molar refractivity (Wildman–Crippen MR) is 62.3 cm³/mol. The Bertz CT molecular complexity index is 317. The van der Waals surface area contributed by atoms with Crippen molar-refractivity contribution in [2.24, 2.45) is 7.05 Å². The van der Waals surface area contributed by atoms with Gasteiger partial charge < -0.3 is 14.8 Å². The number of hydrogen-bond donors (Lipinski definition) is 2. The standard InChI is InChI=1S/C10H18ClN3O2/c1-13-9(11)7-12-10(13)8-14(4-6-16)3-2-5-15/h7,15-16H,2-6,8H2,1H3. The van der Waals surface area contributed by atoms with Crippen LogP contribution in [-0.2, 0) is 13.6 Å². The number of aliphatic hydroxyl groups excluding tert-OH is 2. The molecular formula is C10H18ClN3O2. The van der Waals surface area contributed by atoms with Crippen molar-refractivity contribution in [1.82, 2.24) is 14.5 Å². The van der Waals surface area contributed by atoms with Crippen molar-refractivity contribution < 1.29 is 10.2 Å². The summed E-state index contributed by atoms with van der Waals surface area (Å²) in [7, 11) is 1.85. The van der Waals surface area contributed by atoms with Crippen molar-refractivity contribution in [2.45, 2.75) is 13.0 Å². The number of nitrogens with zero attached hydrogens (tertiary/aromatic N) is 3. The zero-order chi connectivity index (χ0) is 12.0. The van der Waals surface area contributed by atoms with Crippen LogP contribution in [0.25, 0.3) is 0 Å². The molecule has 0 aliphatic heterocycles.